The van der Waals surface area contributed by atoms with Crippen LogP contribution in [0, 0.1) is 6.92 Å². The van der Waals surface area contributed by atoms with Crippen molar-refractivity contribution in [1.29, 1.82) is 0 Å². The minimum Gasteiger partial charge on any atom is -0.382 e. The van der Waals surface area contributed by atoms with Crippen molar-refractivity contribution in [2.24, 2.45) is 0 Å². The molecule has 10 nitrogen and oxygen atoms in total. The zero-order chi connectivity index (χ0) is 23.7. The maximum absolute atomic E-state index is 13.0. The number of anilines is 1. The monoisotopic (exact) mass is 446 g/mol. The maximum atomic E-state index is 13.0. The van der Waals surface area contributed by atoms with Gasteiger partial charge in [-0.3, -0.25) is 9.59 Å². The molecule has 2 amide bonds. The lowest BCUT2D eigenvalue weighted by molar-refractivity contribution is -0.129. The Morgan fingerprint density at radius 3 is 2.70 bits per heavy atom. The fourth-order valence-corrected chi connectivity index (χ4v) is 3.51. The zero-order valence-electron chi connectivity index (χ0n) is 19.0. The third-order valence-corrected chi connectivity index (χ3v) is 5.31. The van der Waals surface area contributed by atoms with Gasteiger partial charge < -0.3 is 25.3 Å². The summed E-state index contributed by atoms with van der Waals surface area (Å²) in [5.41, 5.74) is 10.5. The van der Waals surface area contributed by atoms with Crippen molar-refractivity contribution in [3.8, 4) is 22.6 Å². The average Bonchev–Trinajstić information content (AvgIpc) is 3.43. The van der Waals surface area contributed by atoms with E-state index in [0.717, 1.165) is 22.6 Å². The fraction of sp³-hybridized carbons (Fsp3) is 0.261. The number of hydrogen-bond acceptors (Lipinski definition) is 6. The van der Waals surface area contributed by atoms with Gasteiger partial charge in [0.25, 0.3) is 5.91 Å². The number of pyridine rings is 1. The van der Waals surface area contributed by atoms with Crippen LogP contribution in [0.2, 0.25) is 0 Å². The number of H-pyrrole nitrogens is 1. The van der Waals surface area contributed by atoms with Gasteiger partial charge in [-0.25, -0.2) is 15.0 Å². The predicted octanol–water partition coefficient (Wildman–Crippen LogP) is 2.27. The first-order valence-corrected chi connectivity index (χ1v) is 10.5. The lowest BCUT2D eigenvalue weighted by Crippen LogP contribution is -2.37. The predicted molar refractivity (Wildman–Crippen MR) is 125 cm³/mol. The molecule has 0 fully saturated rings. The molecular weight excluding hydrogens is 420 g/mol. The van der Waals surface area contributed by atoms with Crippen molar-refractivity contribution in [2.45, 2.75) is 26.3 Å². The zero-order valence-corrected chi connectivity index (χ0v) is 19.0. The van der Waals surface area contributed by atoms with Crippen LogP contribution in [0.25, 0.3) is 28.3 Å². The van der Waals surface area contributed by atoms with Crippen molar-refractivity contribution in [3.63, 3.8) is 0 Å². The molecule has 0 aromatic carbocycles. The van der Waals surface area contributed by atoms with Crippen LogP contribution in [0.4, 0.5) is 5.82 Å². The molecule has 4 rings (SSSR count). The number of aromatic nitrogens is 5. The lowest BCUT2D eigenvalue weighted by atomic mass is 10.1. The van der Waals surface area contributed by atoms with E-state index in [-0.39, 0.29) is 23.8 Å². The Balaban J connectivity index is 1.76. The summed E-state index contributed by atoms with van der Waals surface area (Å²) < 4.78 is 1.94. The Labute approximate surface area is 190 Å². The molecule has 10 heteroatoms. The largest absolute Gasteiger partial charge is 0.382 e. The molecule has 0 spiro atoms. The Bertz CT molecular complexity index is 1320. The average molecular weight is 447 g/mol. The minimum atomic E-state index is -0.488. The quantitative estimate of drug-likeness (QED) is 0.416. The molecule has 0 unspecified atom stereocenters. The van der Waals surface area contributed by atoms with Crippen LogP contribution in [-0.4, -0.2) is 61.2 Å². The van der Waals surface area contributed by atoms with Gasteiger partial charge in [-0.15, -0.1) is 0 Å². The van der Waals surface area contributed by atoms with Gasteiger partial charge in [-0.2, -0.15) is 0 Å². The van der Waals surface area contributed by atoms with Crippen molar-refractivity contribution < 1.29 is 9.59 Å². The molecule has 0 aliphatic carbocycles. The van der Waals surface area contributed by atoms with E-state index in [0.29, 0.717) is 11.4 Å². The smallest absolute Gasteiger partial charge is 0.273 e. The van der Waals surface area contributed by atoms with Crippen LogP contribution >= 0.6 is 0 Å². The minimum absolute atomic E-state index is 0.00637. The van der Waals surface area contributed by atoms with Crippen molar-refractivity contribution in [3.05, 3.63) is 54.2 Å². The van der Waals surface area contributed by atoms with E-state index >= 15 is 0 Å². The van der Waals surface area contributed by atoms with E-state index in [9.17, 15) is 9.59 Å². The summed E-state index contributed by atoms with van der Waals surface area (Å²) in [4.78, 5) is 43.1. The van der Waals surface area contributed by atoms with Gasteiger partial charge >= 0.3 is 0 Å². The second-order valence-corrected chi connectivity index (χ2v) is 8.15. The number of aromatic amines is 1. The first-order chi connectivity index (χ1) is 15.7. The van der Waals surface area contributed by atoms with Gasteiger partial charge in [-0.05, 0) is 38.1 Å². The summed E-state index contributed by atoms with van der Waals surface area (Å²) in [5, 5.41) is 2.80. The molecule has 170 valence electrons. The van der Waals surface area contributed by atoms with Crippen LogP contribution in [-0.2, 0) is 4.79 Å². The second kappa shape index (κ2) is 8.73. The summed E-state index contributed by atoms with van der Waals surface area (Å²) in [6.45, 7) is 3.71. The van der Waals surface area contributed by atoms with Crippen LogP contribution < -0.4 is 11.1 Å². The molecule has 4 N–H and O–H groups in total. The molecule has 0 aliphatic rings. The molecule has 0 saturated carbocycles. The number of nitrogen functional groups attached to an aromatic ring is 1. The summed E-state index contributed by atoms with van der Waals surface area (Å²) in [6.07, 6.45) is 5.64. The van der Waals surface area contributed by atoms with Crippen molar-refractivity contribution in [2.75, 3.05) is 19.8 Å². The second-order valence-electron chi connectivity index (χ2n) is 8.15. The molecule has 0 radical (unpaired) electrons. The third kappa shape index (κ3) is 4.40. The normalized spacial score (nSPS) is 12.0. The standard InChI is InChI=1S/C23H26N8O2/c1-13(10-18(32)30(3)4)27-23(33)21-22(24)29-20(16-6-5-9-25-16)19(28-21)15-7-8-17-26-11-14(2)31(17)12-15/h5-9,11-13,25H,10H2,1-4H3,(H2,24,29)(H,27,33)/t13-/m0/s1. The highest BCUT2D eigenvalue weighted by Gasteiger charge is 2.22. The van der Waals surface area contributed by atoms with E-state index in [1.807, 2.05) is 41.8 Å². The summed E-state index contributed by atoms with van der Waals surface area (Å²) in [6, 6.07) is 7.08. The lowest BCUT2D eigenvalue weighted by Gasteiger charge is -2.17. The first-order valence-electron chi connectivity index (χ1n) is 10.5. The highest BCUT2D eigenvalue weighted by molar-refractivity contribution is 5.98. The molecule has 1 atom stereocenters. The number of carbonyl (C=O) groups excluding carboxylic acids is 2. The summed E-state index contributed by atoms with van der Waals surface area (Å²) in [5.74, 6) is -0.571. The number of imidazole rings is 1. The van der Waals surface area contributed by atoms with E-state index in [1.54, 1.807) is 33.4 Å². The van der Waals surface area contributed by atoms with E-state index in [4.69, 9.17) is 5.73 Å². The number of aryl methyl sites for hydroxylation is 1. The topological polar surface area (TPSA) is 134 Å². The SMILES string of the molecule is Cc1cnc2ccc(-c3nc(C(=O)N[C@@H](C)CC(=O)N(C)C)c(N)nc3-c3ccc[nH]3)cn12. The molecule has 33 heavy (non-hydrogen) atoms. The van der Waals surface area contributed by atoms with Crippen LogP contribution in [0.1, 0.15) is 29.5 Å². The van der Waals surface area contributed by atoms with E-state index < -0.39 is 11.9 Å². The molecule has 4 heterocycles. The molecule has 0 aliphatic heterocycles. The van der Waals surface area contributed by atoms with Gasteiger partial charge in [0, 0.05) is 56.4 Å². The molecule has 4 aromatic rings. The van der Waals surface area contributed by atoms with Gasteiger partial charge in [0.2, 0.25) is 5.91 Å². The van der Waals surface area contributed by atoms with Crippen molar-refractivity contribution >= 4 is 23.3 Å². The first kappa shape index (κ1) is 22.0. The molecule has 0 bridgehead atoms. The number of hydrogen-bond donors (Lipinski definition) is 3. The number of nitrogens with one attached hydrogen (secondary N) is 2. The Morgan fingerprint density at radius 2 is 2.00 bits per heavy atom. The number of rotatable bonds is 6. The molecule has 4 aromatic heterocycles. The van der Waals surface area contributed by atoms with E-state index in [2.05, 4.69) is 25.3 Å². The van der Waals surface area contributed by atoms with Gasteiger partial charge in [0.15, 0.2) is 11.5 Å². The fourth-order valence-electron chi connectivity index (χ4n) is 3.51. The number of carbonyl (C=O) groups is 2. The maximum Gasteiger partial charge on any atom is 0.273 e. The molecular formula is C23H26N8O2. The number of nitrogens with zero attached hydrogens (tertiary/aromatic N) is 5. The summed E-state index contributed by atoms with van der Waals surface area (Å²) >= 11 is 0. The molecule has 0 saturated heterocycles. The highest BCUT2D eigenvalue weighted by Crippen LogP contribution is 2.30. The van der Waals surface area contributed by atoms with E-state index in [1.165, 1.54) is 4.90 Å². The van der Waals surface area contributed by atoms with Gasteiger partial charge in [0.1, 0.15) is 17.0 Å². The van der Waals surface area contributed by atoms with Gasteiger partial charge in [0.05, 0.1) is 5.69 Å². The Kier molecular flexibility index (Phi) is 5.82. The van der Waals surface area contributed by atoms with Crippen LogP contribution in [0.5, 0.6) is 0 Å². The van der Waals surface area contributed by atoms with Gasteiger partial charge in [-0.1, -0.05) is 0 Å². The Morgan fingerprint density at radius 1 is 1.21 bits per heavy atom. The van der Waals surface area contributed by atoms with Crippen molar-refractivity contribution in [1.82, 2.24) is 34.6 Å². The third-order valence-electron chi connectivity index (χ3n) is 5.31. The Hall–Kier alpha value is -4.21. The van der Waals surface area contributed by atoms with Crippen LogP contribution in [0.3, 0.4) is 0 Å². The number of nitrogens with two attached hydrogens (primary N) is 1. The highest BCUT2D eigenvalue weighted by atomic mass is 16.2. The van der Waals surface area contributed by atoms with Crippen LogP contribution in [0.15, 0.2) is 42.9 Å². The number of amides is 2. The summed E-state index contributed by atoms with van der Waals surface area (Å²) in [7, 11) is 3.34. The number of fused-ring (bicyclic) bond motifs is 1.